The molecule has 12 heavy (non-hydrogen) atoms. The summed E-state index contributed by atoms with van der Waals surface area (Å²) >= 11 is 1.55. The molecule has 0 spiro atoms. The van der Waals surface area contributed by atoms with E-state index >= 15 is 0 Å². The quantitative estimate of drug-likeness (QED) is 0.705. The van der Waals surface area contributed by atoms with Crippen LogP contribution in [0.3, 0.4) is 0 Å². The van der Waals surface area contributed by atoms with Crippen molar-refractivity contribution in [3.63, 3.8) is 0 Å². The van der Waals surface area contributed by atoms with Gasteiger partial charge in [0.1, 0.15) is 6.04 Å². The van der Waals surface area contributed by atoms with Gasteiger partial charge in [-0.05, 0) is 21.0 Å². The molecule has 4 heteroatoms. The topological polar surface area (TPSA) is 33.2 Å². The fraction of sp³-hybridized carbons (Fsp3) is 0.500. The van der Waals surface area contributed by atoms with Crippen LogP contribution in [0.25, 0.3) is 0 Å². The third-order valence-corrected chi connectivity index (χ3v) is 2.34. The largest absolute Gasteiger partial charge is 0.294 e. The van der Waals surface area contributed by atoms with Gasteiger partial charge in [0.15, 0.2) is 0 Å². The van der Waals surface area contributed by atoms with Crippen LogP contribution >= 0.6 is 11.3 Å². The lowest BCUT2D eigenvalue weighted by atomic mass is 10.2. The van der Waals surface area contributed by atoms with E-state index in [1.165, 1.54) is 0 Å². The second kappa shape index (κ2) is 3.78. The first-order valence-electron chi connectivity index (χ1n) is 3.61. The maximum Gasteiger partial charge on any atom is 0.223 e. The Bertz CT molecular complexity index is 270. The highest BCUT2D eigenvalue weighted by Gasteiger charge is 2.16. The van der Waals surface area contributed by atoms with Gasteiger partial charge in [0.05, 0.1) is 10.7 Å². The van der Waals surface area contributed by atoms with Crippen molar-refractivity contribution >= 4 is 17.6 Å². The van der Waals surface area contributed by atoms with E-state index in [0.717, 1.165) is 10.7 Å². The van der Waals surface area contributed by atoms with Crippen LogP contribution in [0.5, 0.6) is 0 Å². The van der Waals surface area contributed by atoms with E-state index in [9.17, 15) is 4.79 Å². The Hall–Kier alpha value is -0.740. The molecule has 0 aliphatic heterocycles. The highest BCUT2D eigenvalue weighted by atomic mass is 32.1. The zero-order valence-electron chi connectivity index (χ0n) is 7.37. The maximum absolute atomic E-state index is 10.6. The summed E-state index contributed by atoms with van der Waals surface area (Å²) in [5.74, 6) is 0. The number of likely N-dealkylation sites (N-methyl/N-ethyl adjacent to an activating group) is 1. The molecule has 0 N–H and O–H groups in total. The zero-order valence-corrected chi connectivity index (χ0v) is 8.18. The molecule has 1 rings (SSSR count). The van der Waals surface area contributed by atoms with Crippen molar-refractivity contribution in [1.82, 2.24) is 9.88 Å². The van der Waals surface area contributed by atoms with Crippen molar-refractivity contribution in [2.75, 3.05) is 14.1 Å². The van der Waals surface area contributed by atoms with Crippen LogP contribution in [0.15, 0.2) is 5.38 Å². The molecule has 0 aliphatic rings. The van der Waals surface area contributed by atoms with E-state index in [2.05, 4.69) is 4.98 Å². The smallest absolute Gasteiger partial charge is 0.223 e. The van der Waals surface area contributed by atoms with Crippen LogP contribution < -0.4 is 0 Å². The normalized spacial score (nSPS) is 13.3. The van der Waals surface area contributed by atoms with Crippen LogP contribution in [0.1, 0.15) is 16.7 Å². The Balaban J connectivity index is 2.87. The average Bonchev–Trinajstić information content (AvgIpc) is 2.37. The summed E-state index contributed by atoms with van der Waals surface area (Å²) in [6, 6.07) is -0.324. The average molecular weight is 183 g/mol. The van der Waals surface area contributed by atoms with Crippen molar-refractivity contribution in [2.24, 2.45) is 0 Å². The van der Waals surface area contributed by atoms with Crippen LogP contribution in [-0.4, -0.2) is 30.3 Å². The molecule has 65 valence electrons. The van der Waals surface area contributed by atoms with Crippen LogP contribution in [0.2, 0.25) is 0 Å². The van der Waals surface area contributed by atoms with Gasteiger partial charge < -0.3 is 0 Å². The van der Waals surface area contributed by atoms with E-state index in [4.69, 9.17) is 0 Å². The fourth-order valence-corrected chi connectivity index (χ4v) is 1.57. The molecule has 3 nitrogen and oxygen atoms in total. The number of carbonyl (C=O) groups excluding carboxylic acids is 1. The van der Waals surface area contributed by atoms with Gasteiger partial charge in [0, 0.05) is 5.38 Å². The molecule has 0 saturated heterocycles. The monoisotopic (exact) mass is 183 g/mol. The highest BCUT2D eigenvalue weighted by Crippen LogP contribution is 2.17. The van der Waals surface area contributed by atoms with Gasteiger partial charge in [-0.3, -0.25) is 9.69 Å². The summed E-state index contributed by atoms with van der Waals surface area (Å²) in [7, 11) is 3.68. The summed E-state index contributed by atoms with van der Waals surface area (Å²) in [6.07, 6.45) is 1.95. The van der Waals surface area contributed by atoms with Gasteiger partial charge in [0.2, 0.25) is 6.29 Å². The lowest BCUT2D eigenvalue weighted by Gasteiger charge is -2.14. The SMILES string of the molecule is Cc1nc(C([C]=O)N(C)C)cs1. The third-order valence-electron chi connectivity index (χ3n) is 1.54. The lowest BCUT2D eigenvalue weighted by Crippen LogP contribution is -2.21. The second-order valence-electron chi connectivity index (χ2n) is 2.78. The molecule has 1 unspecified atom stereocenters. The minimum Gasteiger partial charge on any atom is -0.294 e. The fourth-order valence-electron chi connectivity index (χ4n) is 0.936. The number of rotatable bonds is 3. The lowest BCUT2D eigenvalue weighted by molar-refractivity contribution is 0.350. The molecule has 0 fully saturated rings. The van der Waals surface area contributed by atoms with Crippen LogP contribution in [-0.2, 0) is 4.79 Å². The zero-order chi connectivity index (χ0) is 9.14. The minimum absolute atomic E-state index is 0.324. The maximum atomic E-state index is 10.6. The van der Waals surface area contributed by atoms with Crippen molar-refractivity contribution in [2.45, 2.75) is 13.0 Å². The van der Waals surface area contributed by atoms with Gasteiger partial charge in [-0.25, -0.2) is 4.98 Å². The van der Waals surface area contributed by atoms with Crippen molar-refractivity contribution < 1.29 is 4.79 Å². The number of thiazole rings is 1. The molecule has 1 atom stereocenters. The second-order valence-corrected chi connectivity index (χ2v) is 3.84. The van der Waals surface area contributed by atoms with Gasteiger partial charge in [-0.2, -0.15) is 0 Å². The summed E-state index contributed by atoms with van der Waals surface area (Å²) in [5.41, 5.74) is 0.789. The van der Waals surface area contributed by atoms with Crippen molar-refractivity contribution in [3.05, 3.63) is 16.1 Å². The van der Waals surface area contributed by atoms with Gasteiger partial charge >= 0.3 is 0 Å². The predicted molar refractivity (Wildman–Crippen MR) is 49.0 cm³/mol. The Morgan fingerprint density at radius 1 is 1.67 bits per heavy atom. The molecule has 0 saturated carbocycles. The number of aromatic nitrogens is 1. The van der Waals surface area contributed by atoms with Crippen LogP contribution in [0.4, 0.5) is 0 Å². The van der Waals surface area contributed by atoms with E-state index in [1.807, 2.05) is 32.7 Å². The molecule has 1 heterocycles. The van der Waals surface area contributed by atoms with Crippen molar-refractivity contribution in [3.8, 4) is 0 Å². The van der Waals surface area contributed by atoms with E-state index in [-0.39, 0.29) is 6.04 Å². The third kappa shape index (κ3) is 1.89. The highest BCUT2D eigenvalue weighted by molar-refractivity contribution is 7.09. The van der Waals surface area contributed by atoms with Gasteiger partial charge in [-0.1, -0.05) is 0 Å². The Kier molecular flexibility index (Phi) is 2.94. The first-order valence-corrected chi connectivity index (χ1v) is 4.49. The van der Waals surface area contributed by atoms with E-state index in [0.29, 0.717) is 0 Å². The summed E-state index contributed by atoms with van der Waals surface area (Å²) in [4.78, 5) is 16.6. The first-order chi connectivity index (χ1) is 5.65. The molecular formula is C8H11N2OS. The number of hydrogen-bond acceptors (Lipinski definition) is 4. The van der Waals surface area contributed by atoms with Gasteiger partial charge in [-0.15, -0.1) is 11.3 Å². The Morgan fingerprint density at radius 3 is 2.67 bits per heavy atom. The Morgan fingerprint density at radius 2 is 2.33 bits per heavy atom. The molecule has 0 aliphatic carbocycles. The van der Waals surface area contributed by atoms with Crippen LogP contribution in [0, 0.1) is 6.92 Å². The molecule has 1 radical (unpaired) electrons. The number of hydrogen-bond donors (Lipinski definition) is 0. The first kappa shape index (κ1) is 9.35. The summed E-state index contributed by atoms with van der Waals surface area (Å²) in [5, 5.41) is 2.87. The van der Waals surface area contributed by atoms with Gasteiger partial charge in [0.25, 0.3) is 0 Å². The number of nitrogens with zero attached hydrogens (tertiary/aromatic N) is 2. The van der Waals surface area contributed by atoms with Crippen molar-refractivity contribution in [1.29, 1.82) is 0 Å². The molecule has 0 aromatic carbocycles. The summed E-state index contributed by atoms with van der Waals surface area (Å²) in [6.45, 7) is 1.92. The Labute approximate surface area is 76.0 Å². The molecule has 0 amide bonds. The standard InChI is InChI=1S/C8H11N2OS/c1-6-9-7(5-12-6)8(4-11)10(2)3/h5,8H,1-3H3. The molecule has 1 aromatic heterocycles. The van der Waals surface area contributed by atoms with E-state index in [1.54, 1.807) is 16.2 Å². The molecule has 0 bridgehead atoms. The number of aryl methyl sites for hydroxylation is 1. The predicted octanol–water partition coefficient (Wildman–Crippen LogP) is 1.16. The molecule has 1 aromatic rings. The summed E-state index contributed by atoms with van der Waals surface area (Å²) < 4.78 is 0. The van der Waals surface area contributed by atoms with E-state index < -0.39 is 0 Å². The minimum atomic E-state index is -0.324. The molecular weight excluding hydrogens is 172 g/mol.